The molecule has 3 aromatic heterocycles. The number of pyridine rings is 1. The van der Waals surface area contributed by atoms with Gasteiger partial charge >= 0.3 is 0 Å². The number of imidazole rings is 1. The van der Waals surface area contributed by atoms with Gasteiger partial charge in [0.25, 0.3) is 5.91 Å². The second kappa shape index (κ2) is 7.20. The molecule has 0 radical (unpaired) electrons. The van der Waals surface area contributed by atoms with E-state index in [0.717, 1.165) is 30.6 Å². The summed E-state index contributed by atoms with van der Waals surface area (Å²) in [6.45, 7) is 6.74. The summed E-state index contributed by atoms with van der Waals surface area (Å²) < 4.78 is 23.3. The smallest absolute Gasteiger partial charge is 0.261 e. The molecule has 1 saturated heterocycles. The number of nitrogens with zero attached hydrogens (tertiary/aromatic N) is 3. The third-order valence-electron chi connectivity index (χ3n) is 6.23. The van der Waals surface area contributed by atoms with E-state index in [9.17, 15) is 4.79 Å². The van der Waals surface area contributed by atoms with Crippen molar-refractivity contribution in [2.75, 3.05) is 19.0 Å². The molecule has 3 aromatic rings. The van der Waals surface area contributed by atoms with Crippen molar-refractivity contribution in [3.63, 3.8) is 0 Å². The molecule has 8 nitrogen and oxygen atoms in total. The van der Waals surface area contributed by atoms with Gasteiger partial charge in [-0.05, 0) is 51.6 Å². The first-order chi connectivity index (χ1) is 14.8. The molecule has 5 rings (SSSR count). The fourth-order valence-electron chi connectivity index (χ4n) is 4.69. The lowest BCUT2D eigenvalue weighted by atomic mass is 9.84. The van der Waals surface area contributed by atoms with E-state index in [1.807, 2.05) is 30.5 Å². The third-order valence-corrected chi connectivity index (χ3v) is 6.84. The summed E-state index contributed by atoms with van der Waals surface area (Å²) in [7, 11) is 1.53. The quantitative estimate of drug-likeness (QED) is 0.620. The highest BCUT2D eigenvalue weighted by molar-refractivity contribution is 7.04. The Hall–Kier alpha value is -2.65. The molecule has 1 aliphatic heterocycles. The molecular formula is C22H26N4O4S. The molecule has 2 bridgehead atoms. The maximum absolute atomic E-state index is 13.1. The summed E-state index contributed by atoms with van der Waals surface area (Å²) in [4.78, 5) is 18.0. The largest absolute Gasteiger partial charge is 0.490 e. The molecule has 2 fully saturated rings. The van der Waals surface area contributed by atoms with Gasteiger partial charge in [-0.25, -0.2) is 4.98 Å². The van der Waals surface area contributed by atoms with Gasteiger partial charge < -0.3 is 23.9 Å². The molecule has 31 heavy (non-hydrogen) atoms. The number of hydrogen-bond acceptors (Lipinski definition) is 7. The molecule has 4 heterocycles. The lowest BCUT2D eigenvalue weighted by Crippen LogP contribution is -2.26. The van der Waals surface area contributed by atoms with Crippen LogP contribution in [0.1, 0.15) is 56.1 Å². The van der Waals surface area contributed by atoms with Crippen LogP contribution in [0.3, 0.4) is 0 Å². The van der Waals surface area contributed by atoms with Crippen LogP contribution in [0, 0.1) is 0 Å². The number of hydrogen-bond donors (Lipinski definition) is 1. The molecule has 9 heteroatoms. The number of amides is 1. The van der Waals surface area contributed by atoms with Crippen molar-refractivity contribution in [1.29, 1.82) is 0 Å². The number of anilines is 1. The van der Waals surface area contributed by atoms with Crippen LogP contribution in [-0.4, -0.2) is 45.1 Å². The molecule has 1 aliphatic carbocycles. The molecule has 164 valence electrons. The highest BCUT2D eigenvalue weighted by Gasteiger charge is 2.55. The zero-order valence-electron chi connectivity index (χ0n) is 18.1. The number of methoxy groups -OCH3 is 1. The van der Waals surface area contributed by atoms with Crippen LogP contribution in [0.15, 0.2) is 23.8 Å². The minimum absolute atomic E-state index is 0.0413. The zero-order valence-corrected chi connectivity index (χ0v) is 18.9. The van der Waals surface area contributed by atoms with Crippen LogP contribution in [0.25, 0.3) is 5.65 Å². The van der Waals surface area contributed by atoms with Crippen LogP contribution in [0.2, 0.25) is 0 Å². The fourth-order valence-corrected chi connectivity index (χ4v) is 5.27. The summed E-state index contributed by atoms with van der Waals surface area (Å²) in [5, 5.41) is 4.62. The summed E-state index contributed by atoms with van der Waals surface area (Å²) in [6.07, 6.45) is 6.83. The third kappa shape index (κ3) is 3.45. The van der Waals surface area contributed by atoms with E-state index in [2.05, 4.69) is 16.6 Å². The molecule has 2 atom stereocenters. The number of carbonyl (C=O) groups excluding carboxylic acids is 1. The lowest BCUT2D eigenvalue weighted by molar-refractivity contribution is -0.00627. The SMILES string of the molecule is COc1nscc1NC(=O)c1cn2cc(C34CCC(C)(C3)OC4)nc2cc1OC(C)C. The molecular weight excluding hydrogens is 416 g/mol. The molecule has 0 aromatic carbocycles. The molecule has 1 saturated carbocycles. The average molecular weight is 443 g/mol. The van der Waals surface area contributed by atoms with Gasteiger partial charge in [0.1, 0.15) is 17.1 Å². The van der Waals surface area contributed by atoms with Gasteiger partial charge in [-0.15, -0.1) is 0 Å². The first-order valence-corrected chi connectivity index (χ1v) is 11.3. The predicted octanol–water partition coefficient (Wildman–Crippen LogP) is 4.05. The second-order valence-corrected chi connectivity index (χ2v) is 9.63. The predicted molar refractivity (Wildman–Crippen MR) is 117 cm³/mol. The van der Waals surface area contributed by atoms with E-state index >= 15 is 0 Å². The van der Waals surface area contributed by atoms with E-state index in [0.29, 0.717) is 29.5 Å². The fraction of sp³-hybridized carbons (Fsp3) is 0.500. The Morgan fingerprint density at radius 3 is 2.84 bits per heavy atom. The van der Waals surface area contributed by atoms with Gasteiger partial charge in [-0.3, -0.25) is 4.79 Å². The van der Waals surface area contributed by atoms with E-state index in [1.54, 1.807) is 11.6 Å². The maximum atomic E-state index is 13.1. The monoisotopic (exact) mass is 442 g/mol. The normalized spacial score (nSPS) is 24.8. The van der Waals surface area contributed by atoms with Crippen molar-refractivity contribution in [1.82, 2.24) is 13.8 Å². The number of rotatable bonds is 6. The van der Waals surface area contributed by atoms with Crippen molar-refractivity contribution < 1.29 is 19.0 Å². The zero-order chi connectivity index (χ0) is 21.8. The Balaban J connectivity index is 1.53. The topological polar surface area (TPSA) is 87.0 Å². The number of fused-ring (bicyclic) bond motifs is 3. The van der Waals surface area contributed by atoms with Crippen LogP contribution in [0.4, 0.5) is 5.69 Å². The van der Waals surface area contributed by atoms with Gasteiger partial charge in [0.15, 0.2) is 0 Å². The van der Waals surface area contributed by atoms with Gasteiger partial charge in [0.05, 0.1) is 36.7 Å². The molecule has 2 aliphatic rings. The van der Waals surface area contributed by atoms with E-state index < -0.39 is 0 Å². The Kier molecular flexibility index (Phi) is 4.71. The Morgan fingerprint density at radius 1 is 1.35 bits per heavy atom. The summed E-state index contributed by atoms with van der Waals surface area (Å²) in [6, 6.07) is 1.84. The van der Waals surface area contributed by atoms with Crippen LogP contribution in [-0.2, 0) is 10.2 Å². The highest BCUT2D eigenvalue weighted by Crippen LogP contribution is 2.53. The lowest BCUT2D eigenvalue weighted by Gasteiger charge is -2.24. The van der Waals surface area contributed by atoms with Crippen LogP contribution >= 0.6 is 11.5 Å². The van der Waals surface area contributed by atoms with Crippen molar-refractivity contribution in [3.8, 4) is 11.6 Å². The number of carbonyl (C=O) groups is 1. The Bertz CT molecular complexity index is 1140. The molecule has 1 N–H and O–H groups in total. The van der Waals surface area contributed by atoms with Crippen molar-refractivity contribution in [2.24, 2.45) is 0 Å². The van der Waals surface area contributed by atoms with Gasteiger partial charge in [0, 0.05) is 29.3 Å². The van der Waals surface area contributed by atoms with E-state index in [1.165, 1.54) is 18.6 Å². The van der Waals surface area contributed by atoms with Crippen molar-refractivity contribution in [2.45, 2.75) is 57.2 Å². The van der Waals surface area contributed by atoms with Crippen LogP contribution in [0.5, 0.6) is 11.6 Å². The van der Waals surface area contributed by atoms with E-state index in [4.69, 9.17) is 19.2 Å². The maximum Gasteiger partial charge on any atom is 0.261 e. The Labute approximate surface area is 184 Å². The standard InChI is InChI=1S/C22H26N4O4S/c1-13(2)30-16-7-18-24-17(22-6-5-21(3,11-22)29-12-22)9-26(18)8-14(16)19(27)23-15-10-31-25-20(15)28-4/h7-10,13H,5-6,11-12H2,1-4H3,(H,23,27). The number of nitrogens with one attached hydrogen (secondary N) is 1. The minimum atomic E-state index is -0.290. The van der Waals surface area contributed by atoms with Crippen molar-refractivity contribution >= 4 is 28.8 Å². The summed E-state index contributed by atoms with van der Waals surface area (Å²) >= 11 is 1.22. The van der Waals surface area contributed by atoms with Gasteiger partial charge in [0.2, 0.25) is 5.88 Å². The van der Waals surface area contributed by atoms with Gasteiger partial charge in [-0.1, -0.05) is 0 Å². The van der Waals surface area contributed by atoms with Gasteiger partial charge in [-0.2, -0.15) is 4.37 Å². The number of ether oxygens (including phenoxy) is 3. The average Bonchev–Trinajstić information content (AvgIpc) is 3.48. The molecule has 1 amide bonds. The molecule has 2 unspecified atom stereocenters. The summed E-state index contributed by atoms with van der Waals surface area (Å²) in [5.74, 6) is 0.595. The van der Waals surface area contributed by atoms with E-state index in [-0.39, 0.29) is 23.0 Å². The Morgan fingerprint density at radius 2 is 2.19 bits per heavy atom. The first-order valence-electron chi connectivity index (χ1n) is 10.4. The highest BCUT2D eigenvalue weighted by atomic mass is 32.1. The first kappa shape index (κ1) is 20.3. The number of aromatic nitrogens is 3. The summed E-state index contributed by atoms with van der Waals surface area (Å²) in [5.41, 5.74) is 2.65. The molecule has 0 spiro atoms. The van der Waals surface area contributed by atoms with Crippen LogP contribution < -0.4 is 14.8 Å². The second-order valence-electron chi connectivity index (χ2n) is 9.00. The minimum Gasteiger partial charge on any atom is -0.490 e. The van der Waals surface area contributed by atoms with Crippen molar-refractivity contribution in [3.05, 3.63) is 35.1 Å².